The van der Waals surface area contributed by atoms with E-state index in [-0.39, 0.29) is 12.5 Å². The summed E-state index contributed by atoms with van der Waals surface area (Å²) in [5.74, 6) is 2.06. The first kappa shape index (κ1) is 14.2. The predicted molar refractivity (Wildman–Crippen MR) is 72.7 cm³/mol. The minimum Gasteiger partial charge on any atom is -0.370 e. The zero-order valence-electron chi connectivity index (χ0n) is 11.2. The highest BCUT2D eigenvalue weighted by molar-refractivity contribution is 5.80. The highest BCUT2D eigenvalue weighted by Gasteiger charge is 2.03. The van der Waals surface area contributed by atoms with E-state index in [2.05, 4.69) is 25.9 Å². The van der Waals surface area contributed by atoms with Crippen molar-refractivity contribution in [2.24, 2.45) is 0 Å². The fraction of sp³-hybridized carbons (Fsp3) is 0.583. The zero-order chi connectivity index (χ0) is 13.4. The van der Waals surface area contributed by atoms with Gasteiger partial charge in [0, 0.05) is 19.2 Å². The summed E-state index contributed by atoms with van der Waals surface area (Å²) in [5.41, 5.74) is 0. The summed E-state index contributed by atoms with van der Waals surface area (Å²) >= 11 is 0. The molecular weight excluding hydrogens is 230 g/mol. The van der Waals surface area contributed by atoms with E-state index in [9.17, 15) is 4.79 Å². The van der Waals surface area contributed by atoms with Gasteiger partial charge in [0.25, 0.3) is 0 Å². The SMILES string of the molecule is CCCNC(=O)CNc1cc(NCC)nc(C)n1. The molecule has 0 atom stereocenters. The number of hydrogen-bond donors (Lipinski definition) is 3. The number of amides is 1. The van der Waals surface area contributed by atoms with Crippen molar-refractivity contribution >= 4 is 17.5 Å². The van der Waals surface area contributed by atoms with Gasteiger partial charge in [-0.05, 0) is 20.3 Å². The molecule has 3 N–H and O–H groups in total. The molecule has 1 rings (SSSR count). The van der Waals surface area contributed by atoms with Crippen LogP contribution >= 0.6 is 0 Å². The van der Waals surface area contributed by atoms with Crippen LogP contribution in [0.4, 0.5) is 11.6 Å². The quantitative estimate of drug-likeness (QED) is 0.677. The summed E-state index contributed by atoms with van der Waals surface area (Å²) < 4.78 is 0. The second kappa shape index (κ2) is 7.47. The van der Waals surface area contributed by atoms with E-state index in [1.165, 1.54) is 0 Å². The lowest BCUT2D eigenvalue weighted by molar-refractivity contribution is -0.119. The Hall–Kier alpha value is -1.85. The van der Waals surface area contributed by atoms with Gasteiger partial charge < -0.3 is 16.0 Å². The first-order valence-corrected chi connectivity index (χ1v) is 6.25. The molecule has 1 aromatic heterocycles. The van der Waals surface area contributed by atoms with E-state index in [4.69, 9.17) is 0 Å². The number of rotatable bonds is 7. The van der Waals surface area contributed by atoms with Crippen LogP contribution in [0.1, 0.15) is 26.1 Å². The number of anilines is 2. The molecule has 0 spiro atoms. The average molecular weight is 251 g/mol. The third kappa shape index (κ3) is 4.99. The maximum Gasteiger partial charge on any atom is 0.239 e. The third-order valence-electron chi connectivity index (χ3n) is 2.20. The summed E-state index contributed by atoms with van der Waals surface area (Å²) in [6.45, 7) is 7.57. The van der Waals surface area contributed by atoms with Gasteiger partial charge in [-0.3, -0.25) is 4.79 Å². The van der Waals surface area contributed by atoms with Crippen molar-refractivity contribution in [2.45, 2.75) is 27.2 Å². The van der Waals surface area contributed by atoms with Crippen LogP contribution in [0.3, 0.4) is 0 Å². The lowest BCUT2D eigenvalue weighted by Gasteiger charge is -2.09. The van der Waals surface area contributed by atoms with Gasteiger partial charge in [-0.15, -0.1) is 0 Å². The van der Waals surface area contributed by atoms with Crippen LogP contribution in [-0.4, -0.2) is 35.5 Å². The molecule has 18 heavy (non-hydrogen) atoms. The Labute approximate surface area is 108 Å². The van der Waals surface area contributed by atoms with Crippen molar-refractivity contribution in [3.63, 3.8) is 0 Å². The molecule has 0 unspecified atom stereocenters. The van der Waals surface area contributed by atoms with E-state index >= 15 is 0 Å². The molecule has 0 aromatic carbocycles. The normalized spacial score (nSPS) is 9.94. The molecule has 0 bridgehead atoms. The topological polar surface area (TPSA) is 78.9 Å². The Morgan fingerprint density at radius 1 is 1.22 bits per heavy atom. The summed E-state index contributed by atoms with van der Waals surface area (Å²) in [7, 11) is 0. The Kier molecular flexibility index (Phi) is 5.90. The van der Waals surface area contributed by atoms with E-state index in [0.717, 1.165) is 18.8 Å². The molecule has 6 nitrogen and oxygen atoms in total. The van der Waals surface area contributed by atoms with E-state index in [1.54, 1.807) is 6.07 Å². The largest absolute Gasteiger partial charge is 0.370 e. The predicted octanol–water partition coefficient (Wildman–Crippen LogP) is 1.15. The van der Waals surface area contributed by atoms with Crippen molar-refractivity contribution in [3.8, 4) is 0 Å². The van der Waals surface area contributed by atoms with Crippen molar-refractivity contribution in [3.05, 3.63) is 11.9 Å². The molecule has 0 fully saturated rings. The number of hydrogen-bond acceptors (Lipinski definition) is 5. The van der Waals surface area contributed by atoms with Crippen molar-refractivity contribution < 1.29 is 4.79 Å². The Bertz CT molecular complexity index is 394. The Morgan fingerprint density at radius 2 is 1.89 bits per heavy atom. The highest BCUT2D eigenvalue weighted by Crippen LogP contribution is 2.10. The van der Waals surface area contributed by atoms with Crippen LogP contribution < -0.4 is 16.0 Å². The van der Waals surface area contributed by atoms with E-state index < -0.39 is 0 Å². The van der Waals surface area contributed by atoms with Crippen LogP contribution in [0.2, 0.25) is 0 Å². The molecule has 0 aliphatic heterocycles. The fourth-order valence-corrected chi connectivity index (χ4v) is 1.43. The monoisotopic (exact) mass is 251 g/mol. The van der Waals surface area contributed by atoms with Crippen molar-refractivity contribution in [1.29, 1.82) is 0 Å². The van der Waals surface area contributed by atoms with Crippen molar-refractivity contribution in [1.82, 2.24) is 15.3 Å². The van der Waals surface area contributed by atoms with Gasteiger partial charge in [-0.2, -0.15) is 0 Å². The molecular formula is C12H21N5O. The molecule has 0 radical (unpaired) electrons. The number of carbonyl (C=O) groups is 1. The van der Waals surface area contributed by atoms with Gasteiger partial charge in [-0.1, -0.05) is 6.92 Å². The molecule has 100 valence electrons. The van der Waals surface area contributed by atoms with Gasteiger partial charge in [-0.25, -0.2) is 9.97 Å². The average Bonchev–Trinajstić information content (AvgIpc) is 2.33. The Morgan fingerprint density at radius 3 is 2.50 bits per heavy atom. The number of carbonyl (C=O) groups excluding carboxylic acids is 1. The number of nitrogens with one attached hydrogen (secondary N) is 3. The second-order valence-electron chi connectivity index (χ2n) is 3.92. The number of aromatic nitrogens is 2. The highest BCUT2D eigenvalue weighted by atomic mass is 16.1. The standard InChI is InChI=1S/C12H21N5O/c1-4-6-14-12(18)8-15-11-7-10(13-5-2)16-9(3)17-11/h7H,4-6,8H2,1-3H3,(H,14,18)(H2,13,15,16,17). The van der Waals surface area contributed by atoms with E-state index in [1.807, 2.05) is 20.8 Å². The maximum absolute atomic E-state index is 11.4. The molecule has 6 heteroatoms. The lowest BCUT2D eigenvalue weighted by Crippen LogP contribution is -2.30. The minimum atomic E-state index is -0.0295. The minimum absolute atomic E-state index is 0.0295. The van der Waals surface area contributed by atoms with Gasteiger partial charge in [0.1, 0.15) is 17.5 Å². The lowest BCUT2D eigenvalue weighted by atomic mass is 10.4. The molecule has 0 saturated heterocycles. The smallest absolute Gasteiger partial charge is 0.239 e. The molecule has 1 aromatic rings. The fourth-order valence-electron chi connectivity index (χ4n) is 1.43. The summed E-state index contributed by atoms with van der Waals surface area (Å²) in [6, 6.07) is 1.80. The maximum atomic E-state index is 11.4. The first-order valence-electron chi connectivity index (χ1n) is 6.25. The summed E-state index contributed by atoms with van der Waals surface area (Å²) in [4.78, 5) is 19.9. The molecule has 0 aliphatic rings. The van der Waals surface area contributed by atoms with Gasteiger partial charge in [0.15, 0.2) is 0 Å². The summed E-state index contributed by atoms with van der Waals surface area (Å²) in [5, 5.41) is 8.91. The number of aryl methyl sites for hydroxylation is 1. The Balaban J connectivity index is 2.53. The second-order valence-corrected chi connectivity index (χ2v) is 3.92. The third-order valence-corrected chi connectivity index (χ3v) is 2.20. The summed E-state index contributed by atoms with van der Waals surface area (Å²) in [6.07, 6.45) is 0.933. The van der Waals surface area contributed by atoms with Crippen LogP contribution in [0.5, 0.6) is 0 Å². The first-order chi connectivity index (χ1) is 8.65. The van der Waals surface area contributed by atoms with Gasteiger partial charge in [0.05, 0.1) is 6.54 Å². The van der Waals surface area contributed by atoms with Crippen molar-refractivity contribution in [2.75, 3.05) is 30.3 Å². The molecule has 1 amide bonds. The van der Waals surface area contributed by atoms with Crippen LogP contribution in [0.15, 0.2) is 6.07 Å². The molecule has 0 saturated carbocycles. The van der Waals surface area contributed by atoms with Gasteiger partial charge in [0.2, 0.25) is 5.91 Å². The molecule has 1 heterocycles. The van der Waals surface area contributed by atoms with Crippen LogP contribution in [0, 0.1) is 6.92 Å². The van der Waals surface area contributed by atoms with Crippen LogP contribution in [0.25, 0.3) is 0 Å². The zero-order valence-corrected chi connectivity index (χ0v) is 11.2. The van der Waals surface area contributed by atoms with Crippen LogP contribution in [-0.2, 0) is 4.79 Å². The van der Waals surface area contributed by atoms with E-state index in [0.29, 0.717) is 18.2 Å². The molecule has 0 aliphatic carbocycles. The number of nitrogens with zero attached hydrogens (tertiary/aromatic N) is 2. The van der Waals surface area contributed by atoms with Gasteiger partial charge >= 0.3 is 0 Å².